The Labute approximate surface area is 202 Å². The molecule has 12 nitrogen and oxygen atoms in total. The van der Waals surface area contributed by atoms with E-state index >= 15 is 0 Å². The monoisotopic (exact) mass is 506 g/mol. The summed E-state index contributed by atoms with van der Waals surface area (Å²) in [6.45, 7) is 5.63. The number of unbranched alkanes of at least 4 members (excludes halogenated alkanes) is 1. The fourth-order valence-corrected chi connectivity index (χ4v) is 4.49. The van der Waals surface area contributed by atoms with Crippen molar-refractivity contribution in [3.8, 4) is 0 Å². The van der Waals surface area contributed by atoms with Crippen LogP contribution in [0.3, 0.4) is 0 Å². The third kappa shape index (κ3) is 10.7. The second-order valence-electron chi connectivity index (χ2n) is 7.84. The number of amides is 1. The largest absolute Gasteiger partial charge is 0.480 e. The Hall–Kier alpha value is -2.38. The molecular weight excluding hydrogens is 472 g/mol. The Morgan fingerprint density at radius 3 is 2.09 bits per heavy atom. The van der Waals surface area contributed by atoms with E-state index in [2.05, 4.69) is 5.32 Å². The molecule has 0 aromatic rings. The van der Waals surface area contributed by atoms with Crippen LogP contribution in [0.15, 0.2) is 0 Å². The van der Waals surface area contributed by atoms with Crippen LogP contribution in [-0.4, -0.2) is 83.1 Å². The van der Waals surface area contributed by atoms with Crippen LogP contribution in [0.4, 0.5) is 0 Å². The molecule has 1 fully saturated rings. The van der Waals surface area contributed by atoms with E-state index in [-0.39, 0.29) is 12.3 Å². The first-order valence-corrected chi connectivity index (χ1v) is 12.0. The maximum atomic E-state index is 12.1. The molecule has 194 valence electrons. The zero-order valence-corrected chi connectivity index (χ0v) is 20.6. The summed E-state index contributed by atoms with van der Waals surface area (Å²) in [6, 6.07) is -0.911. The van der Waals surface area contributed by atoms with Gasteiger partial charge in [0.15, 0.2) is 18.3 Å². The van der Waals surface area contributed by atoms with Gasteiger partial charge in [0.2, 0.25) is 5.91 Å². The minimum absolute atomic E-state index is 0.145. The fourth-order valence-electron chi connectivity index (χ4n) is 3.30. The van der Waals surface area contributed by atoms with Crippen molar-refractivity contribution in [1.82, 2.24) is 5.32 Å². The summed E-state index contributed by atoms with van der Waals surface area (Å²) in [5.74, 6) is -2.82. The number of carboxylic acid groups (broad SMARTS) is 1. The van der Waals surface area contributed by atoms with Crippen molar-refractivity contribution < 1.29 is 48.0 Å². The quantitative estimate of drug-likeness (QED) is 0.177. The Kier molecular flexibility index (Phi) is 12.9. The summed E-state index contributed by atoms with van der Waals surface area (Å²) in [5, 5.41) is 11.5. The highest BCUT2D eigenvalue weighted by molar-refractivity contribution is 7.99. The zero-order chi connectivity index (χ0) is 25.8. The Bertz CT molecular complexity index is 734. The lowest BCUT2D eigenvalue weighted by Crippen LogP contribution is -2.59. The summed E-state index contributed by atoms with van der Waals surface area (Å²) in [7, 11) is 0. The van der Waals surface area contributed by atoms with E-state index in [0.29, 0.717) is 31.6 Å². The van der Waals surface area contributed by atoms with Gasteiger partial charge in [-0.1, -0.05) is 0 Å². The first kappa shape index (κ1) is 29.7. The van der Waals surface area contributed by atoms with Crippen molar-refractivity contribution in [2.24, 2.45) is 5.73 Å². The molecule has 1 saturated heterocycles. The van der Waals surface area contributed by atoms with Crippen LogP contribution >= 0.6 is 11.8 Å². The van der Waals surface area contributed by atoms with Crippen LogP contribution in [0.1, 0.15) is 53.4 Å². The van der Waals surface area contributed by atoms with E-state index in [1.54, 1.807) is 6.92 Å². The third-order valence-electron chi connectivity index (χ3n) is 4.83. The van der Waals surface area contributed by atoms with Gasteiger partial charge in [0.25, 0.3) is 0 Å². The molecule has 1 aliphatic rings. The number of nitrogens with one attached hydrogen (secondary N) is 1. The Balaban J connectivity index is 2.64. The summed E-state index contributed by atoms with van der Waals surface area (Å²) in [6.07, 6.45) is -2.12. The van der Waals surface area contributed by atoms with Gasteiger partial charge in [0.1, 0.15) is 11.5 Å². The molecule has 0 unspecified atom stereocenters. The second-order valence-corrected chi connectivity index (χ2v) is 9.05. The molecule has 0 bridgehead atoms. The number of hydrogen-bond donors (Lipinski definition) is 3. The Morgan fingerprint density at radius 2 is 1.53 bits per heavy atom. The molecule has 0 saturated carbocycles. The molecule has 0 spiro atoms. The van der Waals surface area contributed by atoms with Crippen molar-refractivity contribution in [1.29, 1.82) is 0 Å². The highest BCUT2D eigenvalue weighted by atomic mass is 32.2. The van der Waals surface area contributed by atoms with Crippen molar-refractivity contribution in [2.45, 2.75) is 89.3 Å². The first-order chi connectivity index (χ1) is 15.9. The fraction of sp³-hybridized carbons (Fsp3) is 0.762. The summed E-state index contributed by atoms with van der Waals surface area (Å²) >= 11 is 1.21. The van der Waals surface area contributed by atoms with E-state index in [1.807, 2.05) is 0 Å². The average Bonchev–Trinajstić information content (AvgIpc) is 2.71. The number of ether oxygens (including phenoxy) is 4. The maximum Gasteiger partial charge on any atom is 0.320 e. The molecule has 0 radical (unpaired) electrons. The van der Waals surface area contributed by atoms with E-state index < -0.39 is 59.8 Å². The molecule has 34 heavy (non-hydrogen) atoms. The summed E-state index contributed by atoms with van der Waals surface area (Å²) < 4.78 is 21.9. The minimum Gasteiger partial charge on any atom is -0.480 e. The number of nitrogens with two attached hydrogens (primary N) is 1. The minimum atomic E-state index is -1.07. The smallest absolute Gasteiger partial charge is 0.320 e. The van der Waals surface area contributed by atoms with Gasteiger partial charge in [0.05, 0.1) is 6.10 Å². The maximum absolute atomic E-state index is 12.1. The van der Waals surface area contributed by atoms with Gasteiger partial charge >= 0.3 is 23.9 Å². The van der Waals surface area contributed by atoms with E-state index in [0.717, 1.165) is 0 Å². The van der Waals surface area contributed by atoms with Crippen LogP contribution in [0.2, 0.25) is 0 Å². The number of aliphatic carboxylic acids is 1. The van der Waals surface area contributed by atoms with Gasteiger partial charge in [0, 0.05) is 39.5 Å². The van der Waals surface area contributed by atoms with Crippen molar-refractivity contribution >= 4 is 41.5 Å². The van der Waals surface area contributed by atoms with Crippen molar-refractivity contribution in [3.63, 3.8) is 0 Å². The molecule has 4 N–H and O–H groups in total. The zero-order valence-electron chi connectivity index (χ0n) is 19.8. The standard InChI is InChI=1S/C21H34N2O10S/c1-11-17(31-12(2)24)18(32-13(3)25)19(33-14(4)26)21(30-11)34-10-8-16(27)23-9-6-5-7-15(22)20(28)29/h11,15,17-19,21H,5-10,22H2,1-4H3,(H,23,27)(H,28,29)/t11-,15-,17+,18+,19-,21+/m0/s1. The highest BCUT2D eigenvalue weighted by Gasteiger charge is 2.50. The van der Waals surface area contributed by atoms with Crippen LogP contribution in [0.25, 0.3) is 0 Å². The van der Waals surface area contributed by atoms with Gasteiger partial charge in [-0.2, -0.15) is 0 Å². The molecule has 1 heterocycles. The Morgan fingerprint density at radius 1 is 0.971 bits per heavy atom. The van der Waals surface area contributed by atoms with Crippen LogP contribution in [0, 0.1) is 0 Å². The summed E-state index contributed by atoms with van der Waals surface area (Å²) in [4.78, 5) is 57.7. The average molecular weight is 507 g/mol. The molecular formula is C21H34N2O10S. The number of rotatable bonds is 13. The van der Waals surface area contributed by atoms with Crippen LogP contribution < -0.4 is 11.1 Å². The van der Waals surface area contributed by atoms with Gasteiger partial charge in [-0.15, -0.1) is 11.8 Å². The normalized spacial score (nSPS) is 25.0. The summed E-state index contributed by atoms with van der Waals surface area (Å²) in [5.41, 5.74) is 4.67. The number of carbonyl (C=O) groups excluding carboxylic acids is 4. The predicted octanol–water partition coefficient (Wildman–Crippen LogP) is 0.348. The van der Waals surface area contributed by atoms with Gasteiger partial charge in [-0.05, 0) is 26.2 Å². The number of carbonyl (C=O) groups is 5. The number of carboxylic acids is 1. The lowest BCUT2D eigenvalue weighted by atomic mass is 10.00. The van der Waals surface area contributed by atoms with Gasteiger partial charge < -0.3 is 35.1 Å². The molecule has 6 atom stereocenters. The highest BCUT2D eigenvalue weighted by Crippen LogP contribution is 2.34. The molecule has 1 amide bonds. The van der Waals surface area contributed by atoms with Gasteiger partial charge in [-0.25, -0.2) is 0 Å². The molecule has 13 heteroatoms. The van der Waals surface area contributed by atoms with E-state index in [4.69, 9.17) is 29.8 Å². The third-order valence-corrected chi connectivity index (χ3v) is 5.97. The van der Waals surface area contributed by atoms with Crippen LogP contribution in [-0.2, 0) is 42.9 Å². The van der Waals surface area contributed by atoms with Crippen LogP contribution in [0.5, 0.6) is 0 Å². The van der Waals surface area contributed by atoms with E-state index in [9.17, 15) is 24.0 Å². The lowest BCUT2D eigenvalue weighted by Gasteiger charge is -2.43. The SMILES string of the molecule is CC(=O)O[C@@H]1[C@H](OC(C)=O)[C@H](C)O[C@H](SCCC(=O)NCCCC[C@H](N)C(=O)O)[C@H]1OC(C)=O. The van der Waals surface area contributed by atoms with Crippen molar-refractivity contribution in [3.05, 3.63) is 0 Å². The number of thioether (sulfide) groups is 1. The molecule has 0 aromatic heterocycles. The topological polar surface area (TPSA) is 181 Å². The number of hydrogen-bond acceptors (Lipinski definition) is 11. The lowest BCUT2D eigenvalue weighted by molar-refractivity contribution is -0.229. The second kappa shape index (κ2) is 14.8. The molecule has 0 aromatic carbocycles. The molecule has 0 aliphatic carbocycles. The predicted molar refractivity (Wildman–Crippen MR) is 121 cm³/mol. The number of esters is 3. The first-order valence-electron chi connectivity index (χ1n) is 11.0. The van der Waals surface area contributed by atoms with Crippen molar-refractivity contribution in [2.75, 3.05) is 12.3 Å². The van der Waals surface area contributed by atoms with E-state index in [1.165, 1.54) is 32.5 Å². The molecule has 1 rings (SSSR count). The van der Waals surface area contributed by atoms with Gasteiger partial charge in [-0.3, -0.25) is 24.0 Å². The molecule has 1 aliphatic heterocycles.